The molecule has 0 aliphatic rings. The Balaban J connectivity index is 1.97. The molecule has 0 bridgehead atoms. The third-order valence-electron chi connectivity index (χ3n) is 4.74. The van der Waals surface area contributed by atoms with Crippen LogP contribution < -0.4 is 10.6 Å². The van der Waals surface area contributed by atoms with E-state index in [9.17, 15) is 0 Å². The fraction of sp³-hybridized carbons (Fsp3) is 0.450. The lowest BCUT2D eigenvalue weighted by atomic mass is 10.1. The topological polar surface area (TPSA) is 44.6 Å². The molecule has 0 atom stereocenters. The number of benzene rings is 1. The molecule has 5 nitrogen and oxygen atoms in total. The van der Waals surface area contributed by atoms with Crippen molar-refractivity contribution in [1.29, 1.82) is 0 Å². The summed E-state index contributed by atoms with van der Waals surface area (Å²) < 4.78 is 1.86. The summed E-state index contributed by atoms with van der Waals surface area (Å²) in [5.41, 5.74) is 3.57. The summed E-state index contributed by atoms with van der Waals surface area (Å²) in [6, 6.07) is 10.9. The Morgan fingerprint density at radius 1 is 1.15 bits per heavy atom. The minimum atomic E-state index is 0.504. The van der Waals surface area contributed by atoms with Crippen molar-refractivity contribution in [1.82, 2.24) is 20.1 Å². The predicted molar refractivity (Wildman–Crippen MR) is 116 cm³/mol. The number of hydrogen-bond donors (Lipinski definition) is 2. The van der Waals surface area contributed by atoms with Gasteiger partial charge in [0.1, 0.15) is 5.15 Å². The van der Waals surface area contributed by atoms with Gasteiger partial charge in [-0.25, -0.2) is 0 Å². The van der Waals surface area contributed by atoms with Gasteiger partial charge in [0.2, 0.25) is 0 Å². The van der Waals surface area contributed by atoms with E-state index in [1.165, 1.54) is 11.1 Å². The van der Waals surface area contributed by atoms with Gasteiger partial charge in [-0.05, 0) is 38.1 Å². The molecule has 2 rings (SSSR count). The summed E-state index contributed by atoms with van der Waals surface area (Å²) in [7, 11) is 5.80. The molecule has 0 aliphatic heterocycles. The predicted octanol–water partition coefficient (Wildman–Crippen LogP) is 4.04. The molecule has 148 valence electrons. The van der Waals surface area contributed by atoms with Crippen LogP contribution in [-0.4, -0.2) is 35.6 Å². The molecule has 0 fully saturated rings. The summed E-state index contributed by atoms with van der Waals surface area (Å²) in [4.78, 5) is 6.63. The van der Waals surface area contributed by atoms with Crippen LogP contribution in [-0.2, 0) is 26.7 Å². The van der Waals surface area contributed by atoms with E-state index < -0.39 is 0 Å². The molecular formula is C20H29Cl2N5. The van der Waals surface area contributed by atoms with Gasteiger partial charge < -0.3 is 15.2 Å². The molecule has 0 aliphatic carbocycles. The zero-order valence-electron chi connectivity index (χ0n) is 16.7. The second-order valence-corrected chi connectivity index (χ2v) is 7.66. The SMILES string of the molecule is CN=C(NCc1ccccc1CN(C)C(C)C)NCc1cc(Cl)c(Cl)n1C. The Kier molecular flexibility index (Phi) is 8.02. The van der Waals surface area contributed by atoms with Gasteiger partial charge in [-0.1, -0.05) is 47.5 Å². The number of hydrogen-bond acceptors (Lipinski definition) is 2. The van der Waals surface area contributed by atoms with E-state index in [1.54, 1.807) is 7.05 Å². The van der Waals surface area contributed by atoms with Crippen molar-refractivity contribution in [2.45, 2.75) is 39.5 Å². The van der Waals surface area contributed by atoms with Crippen molar-refractivity contribution in [3.8, 4) is 0 Å². The van der Waals surface area contributed by atoms with E-state index >= 15 is 0 Å². The smallest absolute Gasteiger partial charge is 0.191 e. The lowest BCUT2D eigenvalue weighted by Gasteiger charge is -2.23. The molecule has 0 radical (unpaired) electrons. The molecule has 2 aromatic rings. The number of aromatic nitrogens is 1. The maximum absolute atomic E-state index is 6.12. The van der Waals surface area contributed by atoms with Crippen LogP contribution in [0, 0.1) is 0 Å². The third-order valence-corrected chi connectivity index (χ3v) is 5.58. The van der Waals surface area contributed by atoms with Crippen molar-refractivity contribution in [3.63, 3.8) is 0 Å². The Hall–Kier alpha value is -1.69. The molecule has 0 saturated heterocycles. The highest BCUT2D eigenvalue weighted by Gasteiger charge is 2.11. The molecule has 0 saturated carbocycles. The third kappa shape index (κ3) is 5.89. The lowest BCUT2D eigenvalue weighted by molar-refractivity contribution is 0.265. The highest BCUT2D eigenvalue weighted by Crippen LogP contribution is 2.24. The van der Waals surface area contributed by atoms with Crippen LogP contribution in [0.1, 0.15) is 30.7 Å². The van der Waals surface area contributed by atoms with E-state index in [-0.39, 0.29) is 0 Å². The fourth-order valence-electron chi connectivity index (χ4n) is 2.67. The van der Waals surface area contributed by atoms with Crippen LogP contribution >= 0.6 is 23.2 Å². The molecule has 27 heavy (non-hydrogen) atoms. The van der Waals surface area contributed by atoms with Crippen LogP contribution in [0.25, 0.3) is 0 Å². The number of nitrogens with one attached hydrogen (secondary N) is 2. The summed E-state index contributed by atoms with van der Waals surface area (Å²) >= 11 is 12.2. The largest absolute Gasteiger partial charge is 0.352 e. The van der Waals surface area contributed by atoms with Crippen LogP contribution in [0.15, 0.2) is 35.3 Å². The van der Waals surface area contributed by atoms with Gasteiger partial charge in [0.25, 0.3) is 0 Å². The summed E-state index contributed by atoms with van der Waals surface area (Å²) in [6.07, 6.45) is 0. The molecule has 2 N–H and O–H groups in total. The van der Waals surface area contributed by atoms with Gasteiger partial charge in [0.15, 0.2) is 5.96 Å². The maximum Gasteiger partial charge on any atom is 0.191 e. The first-order valence-corrected chi connectivity index (χ1v) is 9.80. The first-order chi connectivity index (χ1) is 12.8. The Labute approximate surface area is 172 Å². The number of rotatable bonds is 7. The second-order valence-electron chi connectivity index (χ2n) is 6.89. The molecule has 0 amide bonds. The average Bonchev–Trinajstić information content (AvgIpc) is 2.89. The summed E-state index contributed by atoms with van der Waals surface area (Å²) in [5.74, 6) is 0.732. The number of nitrogens with zero attached hydrogens (tertiary/aromatic N) is 3. The van der Waals surface area contributed by atoms with Crippen molar-refractivity contribution in [3.05, 3.63) is 57.3 Å². The first kappa shape index (κ1) is 21.6. The van der Waals surface area contributed by atoms with Crippen LogP contribution in [0.5, 0.6) is 0 Å². The van der Waals surface area contributed by atoms with E-state index in [4.69, 9.17) is 23.2 Å². The standard InChI is InChI=1S/C20H29Cl2N5/c1-14(2)26(4)13-16-9-7-6-8-15(16)11-24-20(23-3)25-12-17-10-18(21)19(22)27(17)5/h6-10,14H,11-13H2,1-5H3,(H2,23,24,25). The van der Waals surface area contributed by atoms with Gasteiger partial charge in [-0.15, -0.1) is 0 Å². The average molecular weight is 410 g/mol. The van der Waals surface area contributed by atoms with Crippen molar-refractivity contribution in [2.75, 3.05) is 14.1 Å². The molecule has 1 heterocycles. The van der Waals surface area contributed by atoms with Crippen molar-refractivity contribution >= 4 is 29.2 Å². The lowest BCUT2D eigenvalue weighted by Crippen LogP contribution is -2.37. The second kappa shape index (κ2) is 10.0. The molecule has 1 aromatic heterocycles. The number of guanidine groups is 1. The summed E-state index contributed by atoms with van der Waals surface area (Å²) in [5, 5.41) is 7.79. The maximum atomic E-state index is 6.12. The van der Waals surface area contributed by atoms with Gasteiger partial charge in [0, 0.05) is 38.9 Å². The highest BCUT2D eigenvalue weighted by molar-refractivity contribution is 6.41. The molecule has 0 unspecified atom stereocenters. The van der Waals surface area contributed by atoms with Crippen molar-refractivity contribution < 1.29 is 0 Å². The molecule has 0 spiro atoms. The molecular weight excluding hydrogens is 381 g/mol. The zero-order chi connectivity index (χ0) is 20.0. The van der Waals surface area contributed by atoms with Gasteiger partial charge in [-0.3, -0.25) is 9.89 Å². The minimum absolute atomic E-state index is 0.504. The highest BCUT2D eigenvalue weighted by atomic mass is 35.5. The van der Waals surface area contributed by atoms with E-state index in [0.29, 0.717) is 29.3 Å². The van der Waals surface area contributed by atoms with E-state index in [2.05, 4.69) is 65.7 Å². The van der Waals surface area contributed by atoms with Gasteiger partial charge in [-0.2, -0.15) is 0 Å². The number of halogens is 2. The summed E-state index contributed by atoms with van der Waals surface area (Å²) in [6.45, 7) is 6.61. The normalized spacial score (nSPS) is 12.1. The Bertz CT molecular complexity index is 783. The van der Waals surface area contributed by atoms with E-state index in [0.717, 1.165) is 18.2 Å². The monoisotopic (exact) mass is 409 g/mol. The minimum Gasteiger partial charge on any atom is -0.352 e. The van der Waals surface area contributed by atoms with E-state index in [1.807, 2.05) is 17.7 Å². The molecule has 1 aromatic carbocycles. The van der Waals surface area contributed by atoms with Crippen molar-refractivity contribution in [2.24, 2.45) is 12.0 Å². The fourth-order valence-corrected chi connectivity index (χ4v) is 3.08. The van der Waals surface area contributed by atoms with Gasteiger partial charge in [0.05, 0.1) is 11.6 Å². The van der Waals surface area contributed by atoms with Crippen LogP contribution in [0.3, 0.4) is 0 Å². The number of aliphatic imine (C=N–C) groups is 1. The first-order valence-electron chi connectivity index (χ1n) is 9.04. The van der Waals surface area contributed by atoms with Gasteiger partial charge >= 0.3 is 0 Å². The van der Waals surface area contributed by atoms with Crippen LogP contribution in [0.2, 0.25) is 10.2 Å². The zero-order valence-corrected chi connectivity index (χ0v) is 18.2. The molecule has 7 heteroatoms. The Morgan fingerprint density at radius 3 is 2.33 bits per heavy atom. The quantitative estimate of drug-likeness (QED) is 0.535. The Morgan fingerprint density at radius 2 is 1.78 bits per heavy atom. The van der Waals surface area contributed by atoms with Crippen LogP contribution in [0.4, 0.5) is 0 Å².